The third-order valence-electron chi connectivity index (χ3n) is 6.31. The number of hydrogen-bond donors (Lipinski definition) is 1. The van der Waals surface area contributed by atoms with Crippen molar-refractivity contribution in [3.05, 3.63) is 64.1 Å². The molecule has 0 radical (unpaired) electrons. The standard InChI is InChI=1S/C24H27Cl2N3O2/c25-18-10-11-20(21(26)16-18)24(31)29-14-12-28(13-15-29)22(17-6-4-5-7-17)23(30)27-19-8-2-1-3-9-19/h1-3,8-11,16-17,22H,4-7,12-15H2,(H,27,30). The van der Waals surface area contributed by atoms with Crippen LogP contribution in [-0.2, 0) is 4.79 Å². The van der Waals surface area contributed by atoms with Crippen LogP contribution in [0.25, 0.3) is 0 Å². The first-order chi connectivity index (χ1) is 15.0. The highest BCUT2D eigenvalue weighted by Gasteiger charge is 2.37. The van der Waals surface area contributed by atoms with Gasteiger partial charge in [-0.2, -0.15) is 0 Å². The SMILES string of the molecule is O=C(Nc1ccccc1)C(C1CCCC1)N1CCN(C(=O)c2ccc(Cl)cc2Cl)CC1. The van der Waals surface area contributed by atoms with Crippen LogP contribution in [0.5, 0.6) is 0 Å². The van der Waals surface area contributed by atoms with Gasteiger partial charge in [0.15, 0.2) is 0 Å². The summed E-state index contributed by atoms with van der Waals surface area (Å²) in [6.45, 7) is 2.47. The number of carbonyl (C=O) groups is 2. The predicted octanol–water partition coefficient (Wildman–Crippen LogP) is 4.95. The van der Waals surface area contributed by atoms with E-state index in [0.717, 1.165) is 18.5 Å². The zero-order valence-electron chi connectivity index (χ0n) is 17.4. The normalized spacial score (nSPS) is 18.7. The van der Waals surface area contributed by atoms with E-state index in [-0.39, 0.29) is 17.9 Å². The lowest BCUT2D eigenvalue weighted by Gasteiger charge is -2.40. The largest absolute Gasteiger partial charge is 0.336 e. The molecule has 2 fully saturated rings. The topological polar surface area (TPSA) is 52.7 Å². The number of nitrogens with one attached hydrogen (secondary N) is 1. The number of benzene rings is 2. The van der Waals surface area contributed by atoms with Crippen molar-refractivity contribution < 1.29 is 9.59 Å². The highest BCUT2D eigenvalue weighted by Crippen LogP contribution is 2.32. The Bertz CT molecular complexity index is 924. The van der Waals surface area contributed by atoms with Crippen LogP contribution in [0.15, 0.2) is 48.5 Å². The van der Waals surface area contributed by atoms with Crippen LogP contribution in [0.1, 0.15) is 36.0 Å². The summed E-state index contributed by atoms with van der Waals surface area (Å²) in [5.74, 6) is 0.322. The first kappa shape index (κ1) is 22.1. The van der Waals surface area contributed by atoms with Crippen LogP contribution in [-0.4, -0.2) is 53.8 Å². The molecule has 1 heterocycles. The molecule has 1 saturated carbocycles. The number of anilines is 1. The highest BCUT2D eigenvalue weighted by molar-refractivity contribution is 6.36. The van der Waals surface area contributed by atoms with Crippen LogP contribution in [0, 0.1) is 5.92 Å². The molecule has 31 heavy (non-hydrogen) atoms. The van der Waals surface area contributed by atoms with Crippen molar-refractivity contribution in [2.75, 3.05) is 31.5 Å². The van der Waals surface area contributed by atoms with Crippen molar-refractivity contribution in [2.45, 2.75) is 31.7 Å². The average Bonchev–Trinajstić information content (AvgIpc) is 3.29. The fraction of sp³-hybridized carbons (Fsp3) is 0.417. The Morgan fingerprint density at radius 1 is 0.935 bits per heavy atom. The van der Waals surface area contributed by atoms with E-state index in [1.54, 1.807) is 18.2 Å². The first-order valence-electron chi connectivity index (χ1n) is 10.9. The molecule has 4 rings (SSSR count). The lowest BCUT2D eigenvalue weighted by Crippen LogP contribution is -2.57. The molecule has 5 nitrogen and oxygen atoms in total. The molecule has 0 spiro atoms. The summed E-state index contributed by atoms with van der Waals surface area (Å²) in [6, 6.07) is 14.4. The number of carbonyl (C=O) groups excluding carboxylic acids is 2. The summed E-state index contributed by atoms with van der Waals surface area (Å²) in [5.41, 5.74) is 1.29. The molecule has 1 aliphatic carbocycles. The van der Waals surface area contributed by atoms with Crippen LogP contribution in [0.3, 0.4) is 0 Å². The second-order valence-electron chi connectivity index (χ2n) is 8.30. The summed E-state index contributed by atoms with van der Waals surface area (Å²) >= 11 is 12.2. The number of para-hydroxylation sites is 1. The van der Waals surface area contributed by atoms with Gasteiger partial charge in [-0.3, -0.25) is 14.5 Å². The van der Waals surface area contributed by atoms with E-state index in [9.17, 15) is 9.59 Å². The van der Waals surface area contributed by atoms with Crippen molar-refractivity contribution in [3.8, 4) is 0 Å². The van der Waals surface area contributed by atoms with E-state index in [2.05, 4.69) is 10.2 Å². The quantitative estimate of drug-likeness (QED) is 0.687. The van der Waals surface area contributed by atoms with Crippen LogP contribution in [0.4, 0.5) is 5.69 Å². The summed E-state index contributed by atoms with van der Waals surface area (Å²) in [7, 11) is 0. The van der Waals surface area contributed by atoms with Gasteiger partial charge in [0.25, 0.3) is 5.91 Å². The summed E-state index contributed by atoms with van der Waals surface area (Å²) < 4.78 is 0. The van der Waals surface area contributed by atoms with Gasteiger partial charge in [0.2, 0.25) is 5.91 Å². The van der Waals surface area contributed by atoms with Crippen molar-refractivity contribution in [1.29, 1.82) is 0 Å². The van der Waals surface area contributed by atoms with E-state index < -0.39 is 0 Å². The molecule has 2 aliphatic rings. The minimum atomic E-state index is -0.168. The number of hydrogen-bond acceptors (Lipinski definition) is 3. The highest BCUT2D eigenvalue weighted by atomic mass is 35.5. The van der Waals surface area contributed by atoms with Crippen LogP contribution < -0.4 is 5.32 Å². The van der Waals surface area contributed by atoms with Crippen molar-refractivity contribution >= 4 is 40.7 Å². The van der Waals surface area contributed by atoms with Gasteiger partial charge in [-0.05, 0) is 49.1 Å². The van der Waals surface area contributed by atoms with E-state index in [0.29, 0.717) is 47.7 Å². The van der Waals surface area contributed by atoms with Crippen LogP contribution >= 0.6 is 23.2 Å². The number of rotatable bonds is 5. The Morgan fingerprint density at radius 3 is 2.26 bits per heavy atom. The van der Waals surface area contributed by atoms with Crippen molar-refractivity contribution in [1.82, 2.24) is 9.80 Å². The van der Waals surface area contributed by atoms with Gasteiger partial charge in [-0.15, -0.1) is 0 Å². The maximum absolute atomic E-state index is 13.2. The molecule has 1 unspecified atom stereocenters. The molecule has 7 heteroatoms. The van der Waals surface area contributed by atoms with Crippen molar-refractivity contribution in [2.24, 2.45) is 5.92 Å². The molecule has 1 atom stereocenters. The molecule has 1 N–H and O–H groups in total. The monoisotopic (exact) mass is 459 g/mol. The number of nitrogens with zero attached hydrogens (tertiary/aromatic N) is 2. The molecule has 0 bridgehead atoms. The van der Waals surface area contributed by atoms with E-state index in [1.165, 1.54) is 12.8 Å². The molecule has 164 valence electrons. The number of halogens is 2. The molecular formula is C24H27Cl2N3O2. The Hall–Kier alpha value is -2.08. The van der Waals surface area contributed by atoms with Gasteiger partial charge in [-0.1, -0.05) is 54.2 Å². The first-order valence-corrected chi connectivity index (χ1v) is 11.6. The van der Waals surface area contributed by atoms with Gasteiger partial charge >= 0.3 is 0 Å². The fourth-order valence-electron chi connectivity index (χ4n) is 4.73. The molecule has 2 aromatic carbocycles. The van der Waals surface area contributed by atoms with Gasteiger partial charge in [-0.25, -0.2) is 0 Å². The van der Waals surface area contributed by atoms with Gasteiger partial charge in [0.05, 0.1) is 16.6 Å². The Morgan fingerprint density at radius 2 is 1.61 bits per heavy atom. The van der Waals surface area contributed by atoms with Gasteiger partial charge in [0.1, 0.15) is 0 Å². The minimum absolute atomic E-state index is 0.0543. The van der Waals surface area contributed by atoms with E-state index >= 15 is 0 Å². The third kappa shape index (κ3) is 5.22. The predicted molar refractivity (Wildman–Crippen MR) is 125 cm³/mol. The number of piperazine rings is 1. The maximum Gasteiger partial charge on any atom is 0.255 e. The zero-order chi connectivity index (χ0) is 21.8. The molecule has 2 amide bonds. The second-order valence-corrected chi connectivity index (χ2v) is 9.14. The average molecular weight is 460 g/mol. The molecule has 0 aromatic heterocycles. The molecule has 1 saturated heterocycles. The summed E-state index contributed by atoms with van der Waals surface area (Å²) in [6.07, 6.45) is 4.50. The zero-order valence-corrected chi connectivity index (χ0v) is 18.9. The third-order valence-corrected chi connectivity index (χ3v) is 6.86. The lowest BCUT2D eigenvalue weighted by molar-refractivity contribution is -0.123. The summed E-state index contributed by atoms with van der Waals surface area (Å²) in [5, 5.41) is 3.97. The lowest BCUT2D eigenvalue weighted by atomic mass is 9.94. The molecule has 1 aliphatic heterocycles. The second kappa shape index (κ2) is 10.0. The fourth-order valence-corrected chi connectivity index (χ4v) is 5.21. The molecular weight excluding hydrogens is 433 g/mol. The molecule has 2 aromatic rings. The Kier molecular flexibility index (Phi) is 7.16. The van der Waals surface area contributed by atoms with Crippen LogP contribution in [0.2, 0.25) is 10.0 Å². The van der Waals surface area contributed by atoms with E-state index in [1.807, 2.05) is 35.2 Å². The smallest absolute Gasteiger partial charge is 0.255 e. The van der Waals surface area contributed by atoms with Gasteiger partial charge in [0, 0.05) is 36.9 Å². The van der Waals surface area contributed by atoms with Gasteiger partial charge < -0.3 is 10.2 Å². The minimum Gasteiger partial charge on any atom is -0.336 e. The summed E-state index contributed by atoms with van der Waals surface area (Å²) in [4.78, 5) is 30.3. The number of amides is 2. The maximum atomic E-state index is 13.2. The Labute approximate surface area is 193 Å². The van der Waals surface area contributed by atoms with Crippen molar-refractivity contribution in [3.63, 3.8) is 0 Å². The van der Waals surface area contributed by atoms with E-state index in [4.69, 9.17) is 23.2 Å². The Balaban J connectivity index is 1.43.